The van der Waals surface area contributed by atoms with Crippen molar-refractivity contribution in [1.82, 2.24) is 0 Å². The zero-order valence-corrected chi connectivity index (χ0v) is 16.1. The number of anilines is 2. The van der Waals surface area contributed by atoms with Crippen molar-refractivity contribution in [1.29, 1.82) is 0 Å². The molecular formula is C28H17NO. The van der Waals surface area contributed by atoms with Gasteiger partial charge in [-0.15, -0.1) is 0 Å². The molecule has 1 aliphatic carbocycles. The van der Waals surface area contributed by atoms with Crippen molar-refractivity contribution in [3.63, 3.8) is 0 Å². The normalized spacial score (nSPS) is 12.0. The number of fused-ring (bicyclic) bond motifs is 6. The Morgan fingerprint density at radius 3 is 2.13 bits per heavy atom. The van der Waals surface area contributed by atoms with Gasteiger partial charge in [0, 0.05) is 22.1 Å². The van der Waals surface area contributed by atoms with Crippen LogP contribution in [-0.4, -0.2) is 0 Å². The van der Waals surface area contributed by atoms with Crippen LogP contribution >= 0.6 is 0 Å². The Hall–Kier alpha value is -4.04. The summed E-state index contributed by atoms with van der Waals surface area (Å²) in [6.45, 7) is 0. The lowest BCUT2D eigenvalue weighted by Crippen LogP contribution is -1.90. The third kappa shape index (κ3) is 2.13. The Labute approximate surface area is 173 Å². The fourth-order valence-corrected chi connectivity index (χ4v) is 4.84. The van der Waals surface area contributed by atoms with Gasteiger partial charge in [0.1, 0.15) is 11.2 Å². The zero-order valence-electron chi connectivity index (χ0n) is 16.1. The minimum Gasteiger partial charge on any atom is -0.456 e. The number of furan rings is 1. The average molecular weight is 383 g/mol. The first-order valence-electron chi connectivity index (χ1n) is 10.2. The van der Waals surface area contributed by atoms with Crippen molar-refractivity contribution in [2.45, 2.75) is 0 Å². The lowest BCUT2D eigenvalue weighted by atomic mass is 10.0. The van der Waals surface area contributed by atoms with Gasteiger partial charge in [0.2, 0.25) is 0 Å². The summed E-state index contributed by atoms with van der Waals surface area (Å²) in [5, 5.41) is 8.53. The molecule has 0 saturated heterocycles. The van der Waals surface area contributed by atoms with Crippen molar-refractivity contribution in [3.05, 3.63) is 97.1 Å². The monoisotopic (exact) mass is 383 g/mol. The first kappa shape index (κ1) is 15.8. The van der Waals surface area contributed by atoms with Gasteiger partial charge in [-0.05, 0) is 69.4 Å². The quantitative estimate of drug-likeness (QED) is 0.326. The SMILES string of the molecule is c1cc2c3c(cccc3c1)-c1cc(Nc3ccc4oc5ccccc5c4c3)ccc1-2. The van der Waals surface area contributed by atoms with Gasteiger partial charge in [-0.2, -0.15) is 0 Å². The summed E-state index contributed by atoms with van der Waals surface area (Å²) in [4.78, 5) is 0. The molecule has 1 N–H and O–H groups in total. The van der Waals surface area contributed by atoms with Gasteiger partial charge in [0.15, 0.2) is 0 Å². The number of hydrogen-bond acceptors (Lipinski definition) is 2. The highest BCUT2D eigenvalue weighted by molar-refractivity contribution is 6.15. The molecule has 0 amide bonds. The van der Waals surface area contributed by atoms with E-state index in [1.807, 2.05) is 18.2 Å². The number of hydrogen-bond donors (Lipinski definition) is 1. The summed E-state index contributed by atoms with van der Waals surface area (Å²) < 4.78 is 5.96. The van der Waals surface area contributed by atoms with Gasteiger partial charge in [-0.25, -0.2) is 0 Å². The van der Waals surface area contributed by atoms with E-state index in [0.29, 0.717) is 0 Å². The van der Waals surface area contributed by atoms with Crippen molar-refractivity contribution in [2.75, 3.05) is 5.32 Å². The summed E-state index contributed by atoms with van der Waals surface area (Å²) >= 11 is 0. The van der Waals surface area contributed by atoms with Crippen LogP contribution in [0.25, 0.3) is 55.0 Å². The average Bonchev–Trinajstić information content (AvgIpc) is 3.31. The predicted molar refractivity (Wildman–Crippen MR) is 125 cm³/mol. The van der Waals surface area contributed by atoms with Crippen LogP contribution in [0, 0.1) is 0 Å². The van der Waals surface area contributed by atoms with E-state index in [1.165, 1.54) is 33.0 Å². The van der Waals surface area contributed by atoms with Gasteiger partial charge < -0.3 is 9.73 Å². The van der Waals surface area contributed by atoms with Gasteiger partial charge in [-0.3, -0.25) is 0 Å². The maximum Gasteiger partial charge on any atom is 0.135 e. The third-order valence-electron chi connectivity index (χ3n) is 6.17. The fourth-order valence-electron chi connectivity index (χ4n) is 4.84. The van der Waals surface area contributed by atoms with Crippen LogP contribution in [0.4, 0.5) is 11.4 Å². The standard InChI is InChI=1S/C28H17NO/c1-2-10-26-21(7-1)25-16-19(12-14-27(25)30-26)29-18-11-13-20-22-8-3-5-17-6-4-9-23(28(17)22)24(20)15-18/h1-16,29H. The van der Waals surface area contributed by atoms with E-state index in [1.54, 1.807) is 0 Å². The van der Waals surface area contributed by atoms with E-state index in [9.17, 15) is 0 Å². The van der Waals surface area contributed by atoms with Gasteiger partial charge >= 0.3 is 0 Å². The summed E-state index contributed by atoms with van der Waals surface area (Å²) in [5.74, 6) is 0. The van der Waals surface area contributed by atoms with Crippen molar-refractivity contribution < 1.29 is 4.42 Å². The Morgan fingerprint density at radius 2 is 1.23 bits per heavy atom. The van der Waals surface area contributed by atoms with E-state index in [-0.39, 0.29) is 0 Å². The van der Waals surface area contributed by atoms with Crippen LogP contribution < -0.4 is 5.32 Å². The molecule has 1 aliphatic rings. The molecule has 0 aliphatic heterocycles. The van der Waals surface area contributed by atoms with Crippen molar-refractivity contribution >= 4 is 44.1 Å². The molecule has 140 valence electrons. The van der Waals surface area contributed by atoms with Gasteiger partial charge in [0.05, 0.1) is 0 Å². The largest absolute Gasteiger partial charge is 0.456 e. The van der Waals surface area contributed by atoms with E-state index < -0.39 is 0 Å². The molecule has 0 radical (unpaired) electrons. The summed E-state index contributed by atoms with van der Waals surface area (Å²) in [5.41, 5.74) is 9.23. The van der Waals surface area contributed by atoms with Crippen LogP contribution in [0.2, 0.25) is 0 Å². The molecule has 0 saturated carbocycles. The highest BCUT2D eigenvalue weighted by Gasteiger charge is 2.21. The van der Waals surface area contributed by atoms with Crippen LogP contribution in [0.1, 0.15) is 0 Å². The van der Waals surface area contributed by atoms with Crippen LogP contribution in [0.5, 0.6) is 0 Å². The Morgan fingerprint density at radius 1 is 0.500 bits per heavy atom. The van der Waals surface area contributed by atoms with E-state index in [4.69, 9.17) is 4.42 Å². The molecule has 0 atom stereocenters. The fraction of sp³-hybridized carbons (Fsp3) is 0. The lowest BCUT2D eigenvalue weighted by molar-refractivity contribution is 0.669. The molecule has 0 bridgehead atoms. The Kier molecular flexibility index (Phi) is 3.03. The predicted octanol–water partition coefficient (Wildman–Crippen LogP) is 8.13. The molecule has 5 aromatic carbocycles. The summed E-state index contributed by atoms with van der Waals surface area (Å²) in [6.07, 6.45) is 0. The number of rotatable bonds is 2. The summed E-state index contributed by atoms with van der Waals surface area (Å²) in [6, 6.07) is 34.3. The smallest absolute Gasteiger partial charge is 0.135 e. The van der Waals surface area contributed by atoms with Crippen LogP contribution in [0.3, 0.4) is 0 Å². The molecule has 6 aromatic rings. The topological polar surface area (TPSA) is 25.2 Å². The van der Waals surface area contributed by atoms with Crippen molar-refractivity contribution in [3.8, 4) is 22.3 Å². The number of nitrogens with one attached hydrogen (secondary N) is 1. The second-order valence-electron chi connectivity index (χ2n) is 7.90. The highest BCUT2D eigenvalue weighted by Crippen LogP contribution is 2.48. The first-order chi connectivity index (χ1) is 14.8. The second-order valence-corrected chi connectivity index (χ2v) is 7.90. The molecule has 1 aromatic heterocycles. The molecule has 1 heterocycles. The van der Waals surface area contributed by atoms with E-state index in [2.05, 4.69) is 84.2 Å². The first-order valence-corrected chi connectivity index (χ1v) is 10.2. The second kappa shape index (κ2) is 5.74. The number of benzene rings is 5. The highest BCUT2D eigenvalue weighted by atomic mass is 16.3. The molecule has 0 unspecified atom stereocenters. The molecule has 2 heteroatoms. The van der Waals surface area contributed by atoms with Crippen molar-refractivity contribution in [2.24, 2.45) is 0 Å². The lowest BCUT2D eigenvalue weighted by Gasteiger charge is -2.10. The third-order valence-corrected chi connectivity index (χ3v) is 6.17. The van der Waals surface area contributed by atoms with Crippen LogP contribution in [0.15, 0.2) is 101 Å². The maximum atomic E-state index is 5.96. The molecule has 7 rings (SSSR count). The molecular weight excluding hydrogens is 366 g/mol. The molecule has 0 spiro atoms. The number of para-hydroxylation sites is 1. The minimum absolute atomic E-state index is 0.915. The minimum atomic E-state index is 0.915. The van der Waals surface area contributed by atoms with Crippen LogP contribution in [-0.2, 0) is 0 Å². The van der Waals surface area contributed by atoms with Gasteiger partial charge in [-0.1, -0.05) is 60.7 Å². The summed E-state index contributed by atoms with van der Waals surface area (Å²) in [7, 11) is 0. The molecule has 0 fully saturated rings. The van der Waals surface area contributed by atoms with E-state index in [0.717, 1.165) is 33.3 Å². The molecule has 2 nitrogen and oxygen atoms in total. The molecule has 30 heavy (non-hydrogen) atoms. The van der Waals surface area contributed by atoms with E-state index >= 15 is 0 Å². The maximum absolute atomic E-state index is 5.96. The Balaban J connectivity index is 1.34. The zero-order chi connectivity index (χ0) is 19.7. The Bertz CT molecular complexity index is 1620. The van der Waals surface area contributed by atoms with Gasteiger partial charge in [0.25, 0.3) is 0 Å².